The summed E-state index contributed by atoms with van der Waals surface area (Å²) in [5.74, 6) is -2.21. The molecular weight excluding hydrogens is 345 g/mol. The van der Waals surface area contributed by atoms with Crippen LogP contribution in [0.25, 0.3) is 0 Å². The van der Waals surface area contributed by atoms with Crippen LogP contribution >= 0.6 is 11.6 Å². The molecule has 24 heavy (non-hydrogen) atoms. The number of benzene rings is 1. The Bertz CT molecular complexity index is 752. The van der Waals surface area contributed by atoms with E-state index in [0.29, 0.717) is 5.82 Å². The van der Waals surface area contributed by atoms with Crippen LogP contribution in [-0.2, 0) is 20.9 Å². The number of amides is 1. The molecule has 0 aliphatic rings. The van der Waals surface area contributed by atoms with Crippen LogP contribution < -0.4 is 5.32 Å². The number of ether oxygens (including phenoxy) is 1. The van der Waals surface area contributed by atoms with Gasteiger partial charge in [0, 0.05) is 0 Å². The fourth-order valence-electron chi connectivity index (χ4n) is 1.81. The van der Waals surface area contributed by atoms with Gasteiger partial charge in [0.1, 0.15) is 19.0 Å². The van der Waals surface area contributed by atoms with E-state index in [1.165, 1.54) is 12.1 Å². The Morgan fingerprint density at radius 2 is 2.25 bits per heavy atom. The number of nitrogens with zero attached hydrogens (tertiary/aromatic N) is 2. The third-order valence-electron chi connectivity index (χ3n) is 2.86. The second-order valence-corrected chi connectivity index (χ2v) is 5.15. The average molecular weight is 358 g/mol. The maximum absolute atomic E-state index is 13.4. The lowest BCUT2D eigenvalue weighted by Crippen LogP contribution is -2.36. The molecule has 0 aliphatic heterocycles. The van der Waals surface area contributed by atoms with E-state index in [-0.39, 0.29) is 23.1 Å². The second-order valence-electron chi connectivity index (χ2n) is 4.74. The molecule has 0 aliphatic carbocycles. The van der Waals surface area contributed by atoms with E-state index in [0.717, 1.165) is 6.07 Å². The molecule has 1 heterocycles. The van der Waals surface area contributed by atoms with Crippen LogP contribution in [-0.4, -0.2) is 33.7 Å². The van der Waals surface area contributed by atoms with Crippen molar-refractivity contribution in [3.8, 4) is 0 Å². The first-order valence-corrected chi connectivity index (χ1v) is 7.08. The summed E-state index contributed by atoms with van der Waals surface area (Å²) in [4.78, 5) is 27.0. The summed E-state index contributed by atoms with van der Waals surface area (Å²) in [6, 6.07) is 2.04. The van der Waals surface area contributed by atoms with Gasteiger partial charge in [-0.15, -0.1) is 0 Å². The number of halogens is 2. The molecule has 1 atom stereocenters. The minimum atomic E-state index is -1.43. The zero-order valence-corrected chi connectivity index (χ0v) is 13.2. The van der Waals surface area contributed by atoms with E-state index in [4.69, 9.17) is 20.9 Å². The van der Waals surface area contributed by atoms with Gasteiger partial charge in [-0.1, -0.05) is 22.8 Å². The Hall–Kier alpha value is -2.52. The zero-order valence-electron chi connectivity index (χ0n) is 12.5. The molecule has 0 spiro atoms. The standard InChI is InChI=1S/C14H13ClFN3O5/c1-7-17-12(24-19-7)6-23-5-11(20)18-13(14(21)22)8-2-3-9(15)10(16)4-8/h2-4,13H,5-6H2,1H3,(H,18,20)(H,21,22). The number of aromatic nitrogens is 2. The molecule has 10 heteroatoms. The Balaban J connectivity index is 1.93. The fourth-order valence-corrected chi connectivity index (χ4v) is 1.93. The lowest BCUT2D eigenvalue weighted by atomic mass is 10.1. The summed E-state index contributed by atoms with van der Waals surface area (Å²) in [6.07, 6.45) is 0. The zero-order chi connectivity index (χ0) is 17.7. The molecule has 128 valence electrons. The van der Waals surface area contributed by atoms with Gasteiger partial charge >= 0.3 is 5.97 Å². The maximum Gasteiger partial charge on any atom is 0.330 e. The number of rotatable bonds is 7. The number of nitrogens with one attached hydrogen (secondary N) is 1. The van der Waals surface area contributed by atoms with E-state index < -0.39 is 30.3 Å². The largest absolute Gasteiger partial charge is 0.479 e. The molecule has 0 fully saturated rings. The van der Waals surface area contributed by atoms with Gasteiger partial charge in [-0.2, -0.15) is 4.98 Å². The van der Waals surface area contributed by atoms with Gasteiger partial charge in [-0.3, -0.25) is 4.79 Å². The predicted molar refractivity (Wildman–Crippen MR) is 78.6 cm³/mol. The van der Waals surface area contributed by atoms with Crippen LogP contribution in [0.15, 0.2) is 22.7 Å². The molecule has 1 aromatic heterocycles. The van der Waals surface area contributed by atoms with Crippen LogP contribution in [0.1, 0.15) is 23.3 Å². The van der Waals surface area contributed by atoms with E-state index >= 15 is 0 Å². The molecule has 0 radical (unpaired) electrons. The minimum Gasteiger partial charge on any atom is -0.479 e. The fraction of sp³-hybridized carbons (Fsp3) is 0.286. The number of carbonyl (C=O) groups is 2. The van der Waals surface area contributed by atoms with Crippen molar-refractivity contribution >= 4 is 23.5 Å². The summed E-state index contributed by atoms with van der Waals surface area (Å²) in [5, 5.41) is 14.8. The molecule has 1 amide bonds. The quantitative estimate of drug-likeness (QED) is 0.773. The van der Waals surface area contributed by atoms with Gasteiger partial charge in [-0.25, -0.2) is 9.18 Å². The van der Waals surface area contributed by atoms with Gasteiger partial charge in [0.2, 0.25) is 5.91 Å². The minimum absolute atomic E-state index is 0.0466. The first kappa shape index (κ1) is 17.8. The number of hydrogen-bond acceptors (Lipinski definition) is 6. The number of aryl methyl sites for hydroxylation is 1. The highest BCUT2D eigenvalue weighted by Gasteiger charge is 2.23. The lowest BCUT2D eigenvalue weighted by Gasteiger charge is -2.15. The number of hydrogen-bond donors (Lipinski definition) is 2. The van der Waals surface area contributed by atoms with Gasteiger partial charge in [0.15, 0.2) is 11.9 Å². The summed E-state index contributed by atoms with van der Waals surface area (Å²) in [6.45, 7) is 1.10. The monoisotopic (exact) mass is 357 g/mol. The van der Waals surface area contributed by atoms with Crippen molar-refractivity contribution in [2.45, 2.75) is 19.6 Å². The first-order valence-electron chi connectivity index (χ1n) is 6.71. The van der Waals surface area contributed by atoms with Crippen molar-refractivity contribution < 1.29 is 28.3 Å². The molecular formula is C14H13ClFN3O5. The van der Waals surface area contributed by atoms with Crippen molar-refractivity contribution in [1.82, 2.24) is 15.5 Å². The van der Waals surface area contributed by atoms with Crippen LogP contribution in [0.4, 0.5) is 4.39 Å². The van der Waals surface area contributed by atoms with E-state index in [9.17, 15) is 19.1 Å². The van der Waals surface area contributed by atoms with Crippen molar-refractivity contribution in [3.05, 3.63) is 46.3 Å². The molecule has 0 saturated carbocycles. The Morgan fingerprint density at radius 1 is 1.50 bits per heavy atom. The summed E-state index contributed by atoms with van der Waals surface area (Å²) in [7, 11) is 0. The molecule has 0 bridgehead atoms. The van der Waals surface area contributed by atoms with Gasteiger partial charge < -0.3 is 19.7 Å². The molecule has 0 saturated heterocycles. The molecule has 8 nitrogen and oxygen atoms in total. The molecule has 1 aromatic carbocycles. The third kappa shape index (κ3) is 4.74. The molecule has 1 unspecified atom stereocenters. The van der Waals surface area contributed by atoms with Crippen LogP contribution in [0.2, 0.25) is 5.02 Å². The Labute approximate surface area is 140 Å². The highest BCUT2D eigenvalue weighted by molar-refractivity contribution is 6.30. The SMILES string of the molecule is Cc1noc(COCC(=O)NC(C(=O)O)c2ccc(Cl)c(F)c2)n1. The smallest absolute Gasteiger partial charge is 0.330 e. The van der Waals surface area contributed by atoms with E-state index in [1.807, 2.05) is 0 Å². The van der Waals surface area contributed by atoms with Crippen molar-refractivity contribution in [2.75, 3.05) is 6.61 Å². The van der Waals surface area contributed by atoms with Gasteiger partial charge in [0.05, 0.1) is 5.02 Å². The maximum atomic E-state index is 13.4. The highest BCUT2D eigenvalue weighted by atomic mass is 35.5. The number of carbonyl (C=O) groups excluding carboxylic acids is 1. The number of carboxylic acid groups (broad SMARTS) is 1. The second kappa shape index (κ2) is 7.84. The first-order chi connectivity index (χ1) is 11.4. The van der Waals surface area contributed by atoms with Crippen molar-refractivity contribution in [2.24, 2.45) is 0 Å². The Kier molecular flexibility index (Phi) is 5.83. The molecule has 2 aromatic rings. The van der Waals surface area contributed by atoms with Crippen molar-refractivity contribution in [3.63, 3.8) is 0 Å². The topological polar surface area (TPSA) is 115 Å². The van der Waals surface area contributed by atoms with Crippen molar-refractivity contribution in [1.29, 1.82) is 0 Å². The van der Waals surface area contributed by atoms with E-state index in [2.05, 4.69) is 15.5 Å². The number of carboxylic acids is 1. The van der Waals surface area contributed by atoms with E-state index in [1.54, 1.807) is 6.92 Å². The number of aliphatic carboxylic acids is 1. The summed E-state index contributed by atoms with van der Waals surface area (Å²) in [5.41, 5.74) is 0.0466. The normalized spacial score (nSPS) is 12.0. The lowest BCUT2D eigenvalue weighted by molar-refractivity contribution is -0.142. The third-order valence-corrected chi connectivity index (χ3v) is 3.16. The summed E-state index contributed by atoms with van der Waals surface area (Å²) >= 11 is 5.55. The van der Waals surface area contributed by atoms with Crippen LogP contribution in [0.3, 0.4) is 0 Å². The summed E-state index contributed by atoms with van der Waals surface area (Å²) < 4.78 is 23.3. The predicted octanol–water partition coefficient (Wildman–Crippen LogP) is 1.63. The van der Waals surface area contributed by atoms with Crippen LogP contribution in [0.5, 0.6) is 0 Å². The molecule has 2 N–H and O–H groups in total. The average Bonchev–Trinajstić information content (AvgIpc) is 2.93. The van der Waals surface area contributed by atoms with Gasteiger partial charge in [-0.05, 0) is 24.6 Å². The molecule has 2 rings (SSSR count). The Morgan fingerprint density at radius 3 is 2.83 bits per heavy atom. The van der Waals surface area contributed by atoms with Gasteiger partial charge in [0.25, 0.3) is 5.89 Å². The van der Waals surface area contributed by atoms with Crippen LogP contribution in [0, 0.1) is 12.7 Å². The highest BCUT2D eigenvalue weighted by Crippen LogP contribution is 2.20.